The lowest BCUT2D eigenvalue weighted by Gasteiger charge is -2.14. The molecule has 1 atom stereocenters. The second kappa shape index (κ2) is 5.75. The second-order valence-electron chi connectivity index (χ2n) is 4.50. The van der Waals surface area contributed by atoms with E-state index in [1.54, 1.807) is 18.0 Å². The predicted octanol–water partition coefficient (Wildman–Crippen LogP) is 2.03. The Hall–Kier alpha value is -2.01. The van der Waals surface area contributed by atoms with E-state index in [9.17, 15) is 0 Å². The summed E-state index contributed by atoms with van der Waals surface area (Å²) >= 11 is 0. The van der Waals surface area contributed by atoms with E-state index < -0.39 is 0 Å². The lowest BCUT2D eigenvalue weighted by Crippen LogP contribution is -2.08. The van der Waals surface area contributed by atoms with E-state index in [4.69, 9.17) is 15.2 Å². The Morgan fingerprint density at radius 1 is 1.42 bits per heavy atom. The highest BCUT2D eigenvalue weighted by molar-refractivity contribution is 5.42. The quantitative estimate of drug-likeness (QED) is 0.894. The van der Waals surface area contributed by atoms with Crippen LogP contribution in [0.4, 0.5) is 0 Å². The Morgan fingerprint density at radius 3 is 2.79 bits per heavy atom. The van der Waals surface area contributed by atoms with Crippen LogP contribution >= 0.6 is 0 Å². The van der Waals surface area contributed by atoms with Gasteiger partial charge in [0.05, 0.1) is 13.3 Å². The first-order chi connectivity index (χ1) is 9.10. The molecule has 0 amide bonds. The number of nitrogens with zero attached hydrogens (tertiary/aromatic N) is 2. The van der Waals surface area contributed by atoms with Crippen molar-refractivity contribution >= 4 is 0 Å². The van der Waals surface area contributed by atoms with Crippen molar-refractivity contribution in [3.05, 3.63) is 41.7 Å². The van der Waals surface area contributed by atoms with Gasteiger partial charge in [-0.2, -0.15) is 5.10 Å². The van der Waals surface area contributed by atoms with Crippen molar-refractivity contribution in [1.29, 1.82) is 0 Å². The number of aryl methyl sites for hydroxylation is 1. The van der Waals surface area contributed by atoms with Crippen LogP contribution in [0.5, 0.6) is 11.5 Å². The summed E-state index contributed by atoms with van der Waals surface area (Å²) in [6.45, 7) is 2.39. The molecule has 0 aliphatic carbocycles. The minimum Gasteiger partial charge on any atom is -0.497 e. The molecule has 0 bridgehead atoms. The number of hydrogen-bond donors (Lipinski definition) is 1. The predicted molar refractivity (Wildman–Crippen MR) is 73.1 cm³/mol. The zero-order valence-corrected chi connectivity index (χ0v) is 11.5. The van der Waals surface area contributed by atoms with E-state index in [2.05, 4.69) is 5.10 Å². The molecule has 19 heavy (non-hydrogen) atoms. The molecule has 1 aromatic heterocycles. The van der Waals surface area contributed by atoms with E-state index >= 15 is 0 Å². The Labute approximate surface area is 112 Å². The SMILES string of the molecule is COc1ccc([C@H](C)N)c(OCc2cnn(C)c2)c1. The van der Waals surface area contributed by atoms with Crippen LogP contribution in [0.25, 0.3) is 0 Å². The summed E-state index contributed by atoms with van der Waals surface area (Å²) < 4.78 is 12.8. The highest BCUT2D eigenvalue weighted by Gasteiger charge is 2.10. The molecule has 2 aromatic rings. The molecule has 0 saturated heterocycles. The summed E-state index contributed by atoms with van der Waals surface area (Å²) in [7, 11) is 3.51. The molecule has 1 heterocycles. The molecule has 0 unspecified atom stereocenters. The van der Waals surface area contributed by atoms with Gasteiger partial charge in [0.2, 0.25) is 0 Å². The first kappa shape index (κ1) is 13.4. The third-order valence-corrected chi connectivity index (χ3v) is 2.86. The fraction of sp³-hybridized carbons (Fsp3) is 0.357. The third kappa shape index (κ3) is 3.26. The number of methoxy groups -OCH3 is 1. The van der Waals surface area contributed by atoms with Gasteiger partial charge in [-0.15, -0.1) is 0 Å². The maximum atomic E-state index is 5.94. The highest BCUT2D eigenvalue weighted by atomic mass is 16.5. The molecule has 0 radical (unpaired) electrons. The van der Waals surface area contributed by atoms with Gasteiger partial charge in [0.1, 0.15) is 18.1 Å². The van der Waals surface area contributed by atoms with Crippen molar-refractivity contribution in [3.63, 3.8) is 0 Å². The van der Waals surface area contributed by atoms with E-state index in [1.807, 2.05) is 38.4 Å². The van der Waals surface area contributed by atoms with Gasteiger partial charge in [-0.25, -0.2) is 0 Å². The Bertz CT molecular complexity index is 549. The summed E-state index contributed by atoms with van der Waals surface area (Å²) in [4.78, 5) is 0. The van der Waals surface area contributed by atoms with Gasteiger partial charge < -0.3 is 15.2 Å². The van der Waals surface area contributed by atoms with Gasteiger partial charge in [-0.3, -0.25) is 4.68 Å². The van der Waals surface area contributed by atoms with Crippen LogP contribution in [-0.2, 0) is 13.7 Å². The van der Waals surface area contributed by atoms with Crippen LogP contribution in [-0.4, -0.2) is 16.9 Å². The molecule has 2 N–H and O–H groups in total. The summed E-state index contributed by atoms with van der Waals surface area (Å²) in [6, 6.07) is 5.59. The third-order valence-electron chi connectivity index (χ3n) is 2.86. The largest absolute Gasteiger partial charge is 0.497 e. The Morgan fingerprint density at radius 2 is 2.21 bits per heavy atom. The Kier molecular flexibility index (Phi) is 4.06. The maximum absolute atomic E-state index is 5.94. The highest BCUT2D eigenvalue weighted by Crippen LogP contribution is 2.29. The molecular formula is C14H19N3O2. The topological polar surface area (TPSA) is 62.3 Å². The van der Waals surface area contributed by atoms with Gasteiger partial charge in [-0.05, 0) is 13.0 Å². The fourth-order valence-electron chi connectivity index (χ4n) is 1.85. The van der Waals surface area contributed by atoms with Crippen molar-refractivity contribution in [2.75, 3.05) is 7.11 Å². The lowest BCUT2D eigenvalue weighted by atomic mass is 10.1. The number of aromatic nitrogens is 2. The summed E-state index contributed by atoms with van der Waals surface area (Å²) in [5, 5.41) is 4.11. The van der Waals surface area contributed by atoms with Crippen molar-refractivity contribution < 1.29 is 9.47 Å². The fourth-order valence-corrected chi connectivity index (χ4v) is 1.85. The molecule has 5 nitrogen and oxygen atoms in total. The van der Waals surface area contributed by atoms with Gasteiger partial charge >= 0.3 is 0 Å². The monoisotopic (exact) mass is 261 g/mol. The van der Waals surface area contributed by atoms with Crippen LogP contribution < -0.4 is 15.2 Å². The van der Waals surface area contributed by atoms with Crippen molar-refractivity contribution in [1.82, 2.24) is 9.78 Å². The van der Waals surface area contributed by atoms with Crippen LogP contribution in [0.2, 0.25) is 0 Å². The van der Waals surface area contributed by atoms with Crippen LogP contribution in [0.15, 0.2) is 30.6 Å². The minimum atomic E-state index is -0.0881. The summed E-state index contributed by atoms with van der Waals surface area (Å²) in [5.41, 5.74) is 7.92. The maximum Gasteiger partial charge on any atom is 0.128 e. The zero-order valence-electron chi connectivity index (χ0n) is 11.5. The number of benzene rings is 1. The first-order valence-corrected chi connectivity index (χ1v) is 6.14. The average Bonchev–Trinajstić information content (AvgIpc) is 2.81. The van der Waals surface area contributed by atoms with Crippen molar-refractivity contribution in [2.45, 2.75) is 19.6 Å². The molecule has 0 saturated carbocycles. The van der Waals surface area contributed by atoms with Crippen molar-refractivity contribution in [3.8, 4) is 11.5 Å². The van der Waals surface area contributed by atoms with Crippen LogP contribution in [0, 0.1) is 0 Å². The first-order valence-electron chi connectivity index (χ1n) is 6.14. The smallest absolute Gasteiger partial charge is 0.128 e. The van der Waals surface area contributed by atoms with E-state index in [1.165, 1.54) is 0 Å². The minimum absolute atomic E-state index is 0.0881. The molecule has 102 valence electrons. The normalized spacial score (nSPS) is 12.2. The second-order valence-corrected chi connectivity index (χ2v) is 4.50. The van der Waals surface area contributed by atoms with Gasteiger partial charge in [0.15, 0.2) is 0 Å². The van der Waals surface area contributed by atoms with Gasteiger partial charge in [0, 0.05) is 36.5 Å². The van der Waals surface area contributed by atoms with Crippen LogP contribution in [0.3, 0.4) is 0 Å². The molecule has 0 aliphatic heterocycles. The molecule has 5 heteroatoms. The molecule has 0 spiro atoms. The van der Waals surface area contributed by atoms with Crippen molar-refractivity contribution in [2.24, 2.45) is 12.8 Å². The van der Waals surface area contributed by atoms with Crippen LogP contribution in [0.1, 0.15) is 24.1 Å². The van der Waals surface area contributed by atoms with Gasteiger partial charge in [0.25, 0.3) is 0 Å². The van der Waals surface area contributed by atoms with E-state index in [-0.39, 0.29) is 6.04 Å². The number of ether oxygens (including phenoxy) is 2. The number of nitrogens with two attached hydrogens (primary N) is 1. The lowest BCUT2D eigenvalue weighted by molar-refractivity contribution is 0.299. The molecule has 1 aromatic carbocycles. The number of hydrogen-bond acceptors (Lipinski definition) is 4. The summed E-state index contributed by atoms with van der Waals surface area (Å²) in [6.07, 6.45) is 3.71. The zero-order chi connectivity index (χ0) is 13.8. The van der Waals surface area contributed by atoms with E-state index in [0.29, 0.717) is 6.61 Å². The average molecular weight is 261 g/mol. The Balaban J connectivity index is 2.17. The van der Waals surface area contributed by atoms with E-state index in [0.717, 1.165) is 22.6 Å². The molecule has 0 fully saturated rings. The number of rotatable bonds is 5. The van der Waals surface area contributed by atoms with Gasteiger partial charge in [-0.1, -0.05) is 6.07 Å². The molecular weight excluding hydrogens is 242 g/mol. The summed E-state index contributed by atoms with van der Waals surface area (Å²) in [5.74, 6) is 1.50. The standard InChI is InChI=1S/C14H19N3O2/c1-10(15)13-5-4-12(18-3)6-14(13)19-9-11-7-16-17(2)8-11/h4-8,10H,9,15H2,1-3H3/t10-/m0/s1. The molecule has 0 aliphatic rings. The molecule has 2 rings (SSSR count).